The van der Waals surface area contributed by atoms with Crippen molar-refractivity contribution in [2.45, 2.75) is 32.9 Å². The van der Waals surface area contributed by atoms with Gasteiger partial charge in [0.05, 0.1) is 15.8 Å². The van der Waals surface area contributed by atoms with Crippen molar-refractivity contribution in [2.24, 2.45) is 0 Å². The molecule has 0 aliphatic heterocycles. The van der Waals surface area contributed by atoms with E-state index in [4.69, 9.17) is 11.6 Å². The SMILES string of the molecule is CC(C)(C)NCc1nnc(-c2ccc(Cl)s2)s1. The summed E-state index contributed by atoms with van der Waals surface area (Å²) in [6.45, 7) is 7.15. The minimum absolute atomic E-state index is 0.0953. The topological polar surface area (TPSA) is 37.8 Å². The van der Waals surface area contributed by atoms with Gasteiger partial charge in [0, 0.05) is 5.54 Å². The third kappa shape index (κ3) is 3.74. The van der Waals surface area contributed by atoms with Crippen LogP contribution in [0, 0.1) is 0 Å². The lowest BCUT2D eigenvalue weighted by molar-refractivity contribution is 0.423. The number of hydrogen-bond acceptors (Lipinski definition) is 5. The molecule has 17 heavy (non-hydrogen) atoms. The quantitative estimate of drug-likeness (QED) is 0.933. The highest BCUT2D eigenvalue weighted by atomic mass is 35.5. The molecule has 3 nitrogen and oxygen atoms in total. The summed E-state index contributed by atoms with van der Waals surface area (Å²) in [5.41, 5.74) is 0.0953. The van der Waals surface area contributed by atoms with Gasteiger partial charge in [-0.3, -0.25) is 0 Å². The van der Waals surface area contributed by atoms with Crippen LogP contribution in [-0.2, 0) is 6.54 Å². The number of halogens is 1. The molecule has 0 spiro atoms. The Kier molecular flexibility index (Phi) is 3.82. The molecule has 2 aromatic rings. The smallest absolute Gasteiger partial charge is 0.157 e. The molecule has 0 atom stereocenters. The van der Waals surface area contributed by atoms with E-state index in [0.29, 0.717) is 0 Å². The van der Waals surface area contributed by atoms with Crippen molar-refractivity contribution in [1.29, 1.82) is 0 Å². The number of nitrogens with one attached hydrogen (secondary N) is 1. The van der Waals surface area contributed by atoms with Crippen molar-refractivity contribution < 1.29 is 0 Å². The summed E-state index contributed by atoms with van der Waals surface area (Å²) in [6.07, 6.45) is 0. The zero-order chi connectivity index (χ0) is 12.5. The highest BCUT2D eigenvalue weighted by Gasteiger charge is 2.12. The van der Waals surface area contributed by atoms with E-state index in [0.717, 1.165) is 25.8 Å². The highest BCUT2D eigenvalue weighted by Crippen LogP contribution is 2.32. The molecule has 0 saturated carbocycles. The second-order valence-corrected chi connectivity index (χ2v) is 7.49. The van der Waals surface area contributed by atoms with E-state index in [1.165, 1.54) is 11.3 Å². The van der Waals surface area contributed by atoms with Gasteiger partial charge in [-0.2, -0.15) is 0 Å². The molecule has 0 aromatic carbocycles. The first kappa shape index (κ1) is 13.0. The molecule has 0 unspecified atom stereocenters. The summed E-state index contributed by atoms with van der Waals surface area (Å²) in [5, 5.41) is 13.7. The van der Waals surface area contributed by atoms with Crippen molar-refractivity contribution in [3.05, 3.63) is 21.5 Å². The van der Waals surface area contributed by atoms with E-state index in [1.807, 2.05) is 12.1 Å². The van der Waals surface area contributed by atoms with Crippen LogP contribution in [0.5, 0.6) is 0 Å². The average Bonchev–Trinajstić information content (AvgIpc) is 2.81. The van der Waals surface area contributed by atoms with Crippen LogP contribution in [0.1, 0.15) is 25.8 Å². The van der Waals surface area contributed by atoms with Gasteiger partial charge in [0.1, 0.15) is 5.01 Å². The van der Waals surface area contributed by atoms with Gasteiger partial charge < -0.3 is 5.32 Å². The van der Waals surface area contributed by atoms with Crippen molar-refractivity contribution in [2.75, 3.05) is 0 Å². The van der Waals surface area contributed by atoms with E-state index >= 15 is 0 Å². The van der Waals surface area contributed by atoms with Gasteiger partial charge in [-0.25, -0.2) is 0 Å². The van der Waals surface area contributed by atoms with Crippen LogP contribution in [0.3, 0.4) is 0 Å². The minimum atomic E-state index is 0.0953. The van der Waals surface area contributed by atoms with Gasteiger partial charge in [0.15, 0.2) is 5.01 Å². The Morgan fingerprint density at radius 1 is 1.24 bits per heavy atom. The minimum Gasteiger partial charge on any atom is -0.306 e. The lowest BCUT2D eigenvalue weighted by atomic mass is 10.1. The predicted octanol–water partition coefficient (Wildman–Crippen LogP) is 3.81. The number of nitrogens with zero attached hydrogens (tertiary/aromatic N) is 2. The van der Waals surface area contributed by atoms with Crippen LogP contribution < -0.4 is 5.32 Å². The van der Waals surface area contributed by atoms with E-state index < -0.39 is 0 Å². The van der Waals surface area contributed by atoms with Crippen LogP contribution in [0.15, 0.2) is 12.1 Å². The molecular formula is C11H14ClN3S2. The summed E-state index contributed by atoms with van der Waals surface area (Å²) in [5.74, 6) is 0. The molecule has 0 fully saturated rings. The Labute approximate surface area is 114 Å². The Morgan fingerprint density at radius 3 is 2.59 bits per heavy atom. The van der Waals surface area contributed by atoms with Crippen molar-refractivity contribution >= 4 is 34.3 Å². The van der Waals surface area contributed by atoms with Crippen LogP contribution in [-0.4, -0.2) is 15.7 Å². The largest absolute Gasteiger partial charge is 0.306 e. The molecule has 0 aliphatic carbocycles. The lowest BCUT2D eigenvalue weighted by Gasteiger charge is -2.19. The van der Waals surface area contributed by atoms with Gasteiger partial charge in [0.25, 0.3) is 0 Å². The fourth-order valence-electron chi connectivity index (χ4n) is 1.19. The standard InChI is InChI=1S/C11H14ClN3S2/c1-11(2,3)13-6-9-14-15-10(17-9)7-4-5-8(12)16-7/h4-5,13H,6H2,1-3H3. The van der Waals surface area contributed by atoms with Gasteiger partial charge in [-0.05, 0) is 32.9 Å². The lowest BCUT2D eigenvalue weighted by Crippen LogP contribution is -2.35. The van der Waals surface area contributed by atoms with Crippen molar-refractivity contribution in [3.63, 3.8) is 0 Å². The van der Waals surface area contributed by atoms with Crippen LogP contribution in [0.2, 0.25) is 4.34 Å². The molecule has 0 amide bonds. The molecule has 0 radical (unpaired) electrons. The monoisotopic (exact) mass is 287 g/mol. The third-order valence-corrected chi connectivity index (χ3v) is 4.34. The first-order chi connectivity index (χ1) is 7.94. The zero-order valence-electron chi connectivity index (χ0n) is 9.95. The van der Waals surface area contributed by atoms with Crippen LogP contribution >= 0.6 is 34.3 Å². The number of rotatable bonds is 3. The Bertz CT molecular complexity index is 499. The van der Waals surface area contributed by atoms with E-state index in [1.54, 1.807) is 11.3 Å². The first-order valence-electron chi connectivity index (χ1n) is 5.27. The molecule has 2 aromatic heterocycles. The average molecular weight is 288 g/mol. The second-order valence-electron chi connectivity index (χ2n) is 4.71. The maximum Gasteiger partial charge on any atom is 0.157 e. The summed E-state index contributed by atoms with van der Waals surface area (Å²) < 4.78 is 0.782. The molecule has 2 heterocycles. The molecular weight excluding hydrogens is 274 g/mol. The van der Waals surface area contributed by atoms with Crippen molar-refractivity contribution in [3.8, 4) is 9.88 Å². The second kappa shape index (κ2) is 5.02. The summed E-state index contributed by atoms with van der Waals surface area (Å²) in [6, 6.07) is 3.87. The van der Waals surface area contributed by atoms with Gasteiger partial charge in [-0.1, -0.05) is 22.9 Å². The zero-order valence-corrected chi connectivity index (χ0v) is 12.3. The van der Waals surface area contributed by atoms with Crippen LogP contribution in [0.25, 0.3) is 9.88 Å². The highest BCUT2D eigenvalue weighted by molar-refractivity contribution is 7.23. The summed E-state index contributed by atoms with van der Waals surface area (Å²) in [7, 11) is 0. The van der Waals surface area contributed by atoms with E-state index in [9.17, 15) is 0 Å². The molecule has 0 aliphatic rings. The number of aromatic nitrogens is 2. The Morgan fingerprint density at radius 2 is 2.00 bits per heavy atom. The molecule has 6 heteroatoms. The Hall–Kier alpha value is -0.490. The summed E-state index contributed by atoms with van der Waals surface area (Å²) in [4.78, 5) is 1.08. The maximum atomic E-state index is 5.90. The fraction of sp³-hybridized carbons (Fsp3) is 0.455. The van der Waals surface area contributed by atoms with Crippen LogP contribution in [0.4, 0.5) is 0 Å². The van der Waals surface area contributed by atoms with Gasteiger partial charge >= 0.3 is 0 Å². The fourth-order valence-corrected chi connectivity index (χ4v) is 3.07. The molecule has 92 valence electrons. The predicted molar refractivity (Wildman–Crippen MR) is 74.8 cm³/mol. The molecule has 1 N–H and O–H groups in total. The maximum absolute atomic E-state index is 5.90. The normalized spacial score (nSPS) is 12.0. The molecule has 0 saturated heterocycles. The Balaban J connectivity index is 2.06. The first-order valence-corrected chi connectivity index (χ1v) is 7.28. The molecule has 0 bridgehead atoms. The number of hydrogen-bond donors (Lipinski definition) is 1. The van der Waals surface area contributed by atoms with Gasteiger partial charge in [-0.15, -0.1) is 21.5 Å². The van der Waals surface area contributed by atoms with E-state index in [-0.39, 0.29) is 5.54 Å². The molecule has 2 rings (SSSR count). The van der Waals surface area contributed by atoms with Crippen molar-refractivity contribution in [1.82, 2.24) is 15.5 Å². The van der Waals surface area contributed by atoms with Gasteiger partial charge in [0.2, 0.25) is 0 Å². The van der Waals surface area contributed by atoms with E-state index in [2.05, 4.69) is 36.3 Å². The summed E-state index contributed by atoms with van der Waals surface area (Å²) >= 11 is 9.04. The number of thiophene rings is 1. The third-order valence-electron chi connectivity index (χ3n) is 2.02.